The third-order valence-corrected chi connectivity index (χ3v) is 3.88. The van der Waals surface area contributed by atoms with E-state index >= 15 is 0 Å². The third-order valence-electron chi connectivity index (χ3n) is 3.88. The summed E-state index contributed by atoms with van der Waals surface area (Å²) in [7, 11) is 0. The number of nitrogens with zero attached hydrogens (tertiary/aromatic N) is 4. The third kappa shape index (κ3) is 3.01. The van der Waals surface area contributed by atoms with Gasteiger partial charge in [0.1, 0.15) is 36.7 Å². The molecular formula is C12H18N4O7. The van der Waals surface area contributed by atoms with Crippen molar-refractivity contribution in [1.82, 2.24) is 19.9 Å². The van der Waals surface area contributed by atoms with Crippen LogP contribution in [-0.2, 0) is 16.0 Å². The van der Waals surface area contributed by atoms with Crippen LogP contribution in [0.1, 0.15) is 11.9 Å². The second-order valence-corrected chi connectivity index (χ2v) is 5.45. The molecule has 4 N–H and O–H groups in total. The van der Waals surface area contributed by atoms with E-state index in [1.165, 1.54) is 15.8 Å². The van der Waals surface area contributed by atoms with Gasteiger partial charge >= 0.3 is 6.09 Å². The number of aliphatic hydroxyl groups is 4. The van der Waals surface area contributed by atoms with E-state index in [0.29, 0.717) is 18.8 Å². The molecular weight excluding hydrogens is 312 g/mol. The maximum Gasteiger partial charge on any atom is 0.410 e. The van der Waals surface area contributed by atoms with E-state index < -0.39 is 43.3 Å². The van der Waals surface area contributed by atoms with Crippen molar-refractivity contribution in [1.29, 1.82) is 0 Å². The summed E-state index contributed by atoms with van der Waals surface area (Å²) in [6.07, 6.45) is -5.50. The highest BCUT2D eigenvalue weighted by molar-refractivity contribution is 5.69. The summed E-state index contributed by atoms with van der Waals surface area (Å²) in [5, 5.41) is 46.4. The van der Waals surface area contributed by atoms with Gasteiger partial charge in [-0.15, -0.1) is 5.10 Å². The molecule has 11 nitrogen and oxygen atoms in total. The predicted octanol–water partition coefficient (Wildman–Crippen LogP) is -2.80. The standard InChI is InChI=1S/C12H18N4O7/c17-5-7-8(18)9(19)10(20)11(23-7)16-4-6(13-14-16)3-15-1-2-22-12(15)21/h4,7-11,17-20H,1-3,5H2/t7-,8-,9+,10+,11+/m1/s1. The molecule has 0 bridgehead atoms. The topological polar surface area (TPSA) is 150 Å². The quantitative estimate of drug-likeness (QED) is 0.459. The molecule has 2 fully saturated rings. The highest BCUT2D eigenvalue weighted by Gasteiger charge is 2.44. The van der Waals surface area contributed by atoms with Gasteiger partial charge in [0.25, 0.3) is 0 Å². The van der Waals surface area contributed by atoms with Crippen molar-refractivity contribution in [2.45, 2.75) is 37.2 Å². The fourth-order valence-corrected chi connectivity index (χ4v) is 2.58. The lowest BCUT2D eigenvalue weighted by Gasteiger charge is -2.39. The van der Waals surface area contributed by atoms with E-state index in [0.717, 1.165) is 0 Å². The lowest BCUT2D eigenvalue weighted by molar-refractivity contribution is -0.254. The van der Waals surface area contributed by atoms with Crippen molar-refractivity contribution in [3.8, 4) is 0 Å². The van der Waals surface area contributed by atoms with Crippen molar-refractivity contribution in [2.75, 3.05) is 19.8 Å². The van der Waals surface area contributed by atoms with Crippen LogP contribution in [0, 0.1) is 0 Å². The number of amides is 1. The Morgan fingerprint density at radius 2 is 2.04 bits per heavy atom. The van der Waals surface area contributed by atoms with Crippen LogP contribution in [0.3, 0.4) is 0 Å². The summed E-state index contributed by atoms with van der Waals surface area (Å²) >= 11 is 0. The molecule has 23 heavy (non-hydrogen) atoms. The fourth-order valence-electron chi connectivity index (χ4n) is 2.58. The molecule has 0 radical (unpaired) electrons. The smallest absolute Gasteiger partial charge is 0.410 e. The van der Waals surface area contributed by atoms with Gasteiger partial charge in [0.05, 0.1) is 25.9 Å². The first kappa shape index (κ1) is 16.1. The number of ether oxygens (including phenoxy) is 2. The number of carbonyl (C=O) groups is 1. The zero-order chi connectivity index (χ0) is 16.6. The number of cyclic esters (lactones) is 1. The fraction of sp³-hybridized carbons (Fsp3) is 0.750. The Balaban J connectivity index is 1.72. The Bertz CT molecular complexity index is 565. The molecule has 2 aliphatic heterocycles. The highest BCUT2D eigenvalue weighted by atomic mass is 16.6. The van der Waals surface area contributed by atoms with Crippen molar-refractivity contribution in [2.24, 2.45) is 0 Å². The van der Waals surface area contributed by atoms with E-state index in [2.05, 4.69) is 10.3 Å². The molecule has 1 aromatic heterocycles. The SMILES string of the molecule is O=C1OCCN1Cc1cn([C@H]2O[C@H](CO)[C@@H](O)[C@H](O)[C@@H]2O)nn1. The first-order valence-electron chi connectivity index (χ1n) is 7.14. The summed E-state index contributed by atoms with van der Waals surface area (Å²) in [6, 6.07) is 0. The van der Waals surface area contributed by atoms with Crippen LogP contribution in [-0.4, -0.2) is 90.6 Å². The Kier molecular flexibility index (Phi) is 4.46. The number of carbonyl (C=O) groups excluding carboxylic acids is 1. The van der Waals surface area contributed by atoms with Gasteiger partial charge in [0.2, 0.25) is 0 Å². The van der Waals surface area contributed by atoms with Gasteiger partial charge in [0.15, 0.2) is 6.23 Å². The monoisotopic (exact) mass is 330 g/mol. The molecule has 2 aliphatic rings. The number of rotatable bonds is 4. The molecule has 1 amide bonds. The molecule has 1 aromatic rings. The zero-order valence-electron chi connectivity index (χ0n) is 12.1. The van der Waals surface area contributed by atoms with Gasteiger partial charge in [-0.05, 0) is 0 Å². The summed E-state index contributed by atoms with van der Waals surface area (Å²) in [5.74, 6) is 0. The Labute approximate surface area is 130 Å². The Hall–Kier alpha value is -1.79. The van der Waals surface area contributed by atoms with E-state index in [1.54, 1.807) is 0 Å². The van der Waals surface area contributed by atoms with Crippen LogP contribution in [0.4, 0.5) is 4.79 Å². The molecule has 0 spiro atoms. The van der Waals surface area contributed by atoms with E-state index in [1.807, 2.05) is 0 Å². The second kappa shape index (κ2) is 6.37. The van der Waals surface area contributed by atoms with Gasteiger partial charge in [0, 0.05) is 0 Å². The average Bonchev–Trinajstić information content (AvgIpc) is 3.16. The van der Waals surface area contributed by atoms with Crippen LogP contribution in [0.25, 0.3) is 0 Å². The van der Waals surface area contributed by atoms with Crippen molar-refractivity contribution >= 4 is 6.09 Å². The Morgan fingerprint density at radius 1 is 1.26 bits per heavy atom. The molecule has 0 saturated carbocycles. The minimum atomic E-state index is -1.49. The molecule has 0 aliphatic carbocycles. The normalized spacial score (nSPS) is 34.7. The second-order valence-electron chi connectivity index (χ2n) is 5.45. The molecule has 3 rings (SSSR count). The zero-order valence-corrected chi connectivity index (χ0v) is 12.1. The predicted molar refractivity (Wildman–Crippen MR) is 70.8 cm³/mol. The molecule has 11 heteroatoms. The van der Waals surface area contributed by atoms with Gasteiger partial charge in [-0.1, -0.05) is 5.21 Å². The highest BCUT2D eigenvalue weighted by Crippen LogP contribution is 2.27. The maximum absolute atomic E-state index is 11.4. The van der Waals surface area contributed by atoms with Crippen LogP contribution >= 0.6 is 0 Å². The van der Waals surface area contributed by atoms with Gasteiger partial charge < -0.3 is 29.9 Å². The largest absolute Gasteiger partial charge is 0.448 e. The summed E-state index contributed by atoms with van der Waals surface area (Å²) in [6.45, 7) is 0.435. The van der Waals surface area contributed by atoms with E-state index in [9.17, 15) is 25.2 Å². The molecule has 2 saturated heterocycles. The molecule has 3 heterocycles. The van der Waals surface area contributed by atoms with Gasteiger partial charge in [-0.25, -0.2) is 9.48 Å². The molecule has 5 atom stereocenters. The van der Waals surface area contributed by atoms with E-state index in [-0.39, 0.29) is 6.54 Å². The molecule has 0 aromatic carbocycles. The lowest BCUT2D eigenvalue weighted by atomic mass is 9.98. The van der Waals surface area contributed by atoms with Crippen molar-refractivity contribution in [3.63, 3.8) is 0 Å². The van der Waals surface area contributed by atoms with Crippen LogP contribution < -0.4 is 0 Å². The summed E-state index contributed by atoms with van der Waals surface area (Å²) in [4.78, 5) is 12.8. The lowest BCUT2D eigenvalue weighted by Crippen LogP contribution is -2.56. The van der Waals surface area contributed by atoms with Crippen LogP contribution in [0.5, 0.6) is 0 Å². The number of hydrogen-bond donors (Lipinski definition) is 4. The van der Waals surface area contributed by atoms with Crippen LogP contribution in [0.15, 0.2) is 6.20 Å². The first-order chi connectivity index (χ1) is 11.0. The average molecular weight is 330 g/mol. The summed E-state index contributed by atoms with van der Waals surface area (Å²) in [5.41, 5.74) is 0.445. The van der Waals surface area contributed by atoms with E-state index in [4.69, 9.17) is 9.47 Å². The molecule has 0 unspecified atom stereocenters. The minimum absolute atomic E-state index is 0.191. The number of aliphatic hydroxyl groups excluding tert-OH is 4. The minimum Gasteiger partial charge on any atom is -0.448 e. The molecule has 128 valence electrons. The van der Waals surface area contributed by atoms with Crippen molar-refractivity contribution < 1.29 is 34.7 Å². The van der Waals surface area contributed by atoms with Crippen LogP contribution in [0.2, 0.25) is 0 Å². The summed E-state index contributed by atoms with van der Waals surface area (Å²) < 4.78 is 11.4. The van der Waals surface area contributed by atoms with Gasteiger partial charge in [-0.2, -0.15) is 0 Å². The first-order valence-corrected chi connectivity index (χ1v) is 7.14. The number of hydrogen-bond acceptors (Lipinski definition) is 9. The maximum atomic E-state index is 11.4. The van der Waals surface area contributed by atoms with Gasteiger partial charge in [-0.3, -0.25) is 4.90 Å². The Morgan fingerprint density at radius 3 is 2.70 bits per heavy atom. The number of aromatic nitrogens is 3. The van der Waals surface area contributed by atoms with Crippen molar-refractivity contribution in [3.05, 3.63) is 11.9 Å².